The van der Waals surface area contributed by atoms with E-state index in [-0.39, 0.29) is 5.41 Å². The molecule has 0 spiro atoms. The molecular formula is C22H33N5S. The number of nitrogens with zero attached hydrogens (tertiary/aromatic N) is 3. The van der Waals surface area contributed by atoms with Gasteiger partial charge >= 0.3 is 0 Å². The van der Waals surface area contributed by atoms with Crippen LogP contribution in [-0.4, -0.2) is 42.0 Å². The second kappa shape index (κ2) is 9.52. The Morgan fingerprint density at radius 2 is 1.93 bits per heavy atom. The molecule has 2 aromatic rings. The normalized spacial score (nSPS) is 16.9. The van der Waals surface area contributed by atoms with Gasteiger partial charge < -0.3 is 10.6 Å². The van der Waals surface area contributed by atoms with Crippen LogP contribution < -0.4 is 10.6 Å². The lowest BCUT2D eigenvalue weighted by molar-refractivity contribution is 0.198. The maximum atomic E-state index is 4.75. The van der Waals surface area contributed by atoms with Crippen LogP contribution in [0, 0.1) is 0 Å². The molecule has 152 valence electrons. The first-order valence-electron chi connectivity index (χ1n) is 10.1. The molecular weight excluding hydrogens is 366 g/mol. The van der Waals surface area contributed by atoms with Crippen molar-refractivity contribution in [1.29, 1.82) is 0 Å². The second-order valence-corrected chi connectivity index (χ2v) is 9.43. The molecule has 0 radical (unpaired) electrons. The molecule has 6 heteroatoms. The SMILES string of the molecule is CN=C(NCc1nc(C(C)(C)C)cs1)NC1CCN(Cc2ccccc2)CC1. The van der Waals surface area contributed by atoms with Crippen LogP contribution in [0.1, 0.15) is 49.9 Å². The fraction of sp³-hybridized carbons (Fsp3) is 0.545. The molecule has 0 aliphatic carbocycles. The molecule has 0 atom stereocenters. The van der Waals surface area contributed by atoms with Gasteiger partial charge in [0.05, 0.1) is 12.2 Å². The fourth-order valence-corrected chi connectivity index (χ4v) is 4.32. The van der Waals surface area contributed by atoms with E-state index in [9.17, 15) is 0 Å². The van der Waals surface area contributed by atoms with E-state index < -0.39 is 0 Å². The number of likely N-dealkylation sites (tertiary alicyclic amines) is 1. The lowest BCUT2D eigenvalue weighted by Crippen LogP contribution is -2.48. The Labute approximate surface area is 173 Å². The summed E-state index contributed by atoms with van der Waals surface area (Å²) in [6, 6.07) is 11.2. The molecule has 1 saturated heterocycles. The van der Waals surface area contributed by atoms with E-state index in [1.165, 1.54) is 5.56 Å². The summed E-state index contributed by atoms with van der Waals surface area (Å²) >= 11 is 1.71. The summed E-state index contributed by atoms with van der Waals surface area (Å²) in [5.41, 5.74) is 2.65. The highest BCUT2D eigenvalue weighted by Gasteiger charge is 2.20. The van der Waals surface area contributed by atoms with Crippen molar-refractivity contribution in [2.75, 3.05) is 20.1 Å². The monoisotopic (exact) mass is 399 g/mol. The molecule has 1 aliphatic rings. The number of nitrogens with one attached hydrogen (secondary N) is 2. The number of guanidine groups is 1. The molecule has 28 heavy (non-hydrogen) atoms. The maximum Gasteiger partial charge on any atom is 0.191 e. The lowest BCUT2D eigenvalue weighted by Gasteiger charge is -2.33. The Bertz CT molecular complexity index is 755. The Morgan fingerprint density at radius 3 is 2.54 bits per heavy atom. The van der Waals surface area contributed by atoms with Crippen molar-refractivity contribution in [2.45, 2.75) is 58.2 Å². The van der Waals surface area contributed by atoms with E-state index in [4.69, 9.17) is 4.98 Å². The molecule has 3 rings (SSSR count). The van der Waals surface area contributed by atoms with Crippen LogP contribution in [0.5, 0.6) is 0 Å². The average Bonchev–Trinajstić information content (AvgIpc) is 3.17. The Balaban J connectivity index is 1.42. The van der Waals surface area contributed by atoms with Crippen molar-refractivity contribution < 1.29 is 0 Å². The van der Waals surface area contributed by atoms with Crippen LogP contribution in [0.4, 0.5) is 0 Å². The zero-order valence-corrected chi connectivity index (χ0v) is 18.4. The van der Waals surface area contributed by atoms with Gasteiger partial charge in [0.2, 0.25) is 0 Å². The number of aromatic nitrogens is 1. The summed E-state index contributed by atoms with van der Waals surface area (Å²) in [5, 5.41) is 10.3. The summed E-state index contributed by atoms with van der Waals surface area (Å²) in [6.45, 7) is 10.6. The van der Waals surface area contributed by atoms with Gasteiger partial charge in [-0.05, 0) is 18.4 Å². The molecule has 1 fully saturated rings. The Morgan fingerprint density at radius 1 is 1.21 bits per heavy atom. The van der Waals surface area contributed by atoms with Crippen molar-refractivity contribution >= 4 is 17.3 Å². The van der Waals surface area contributed by atoms with Gasteiger partial charge in [0.15, 0.2) is 5.96 Å². The molecule has 5 nitrogen and oxygen atoms in total. The van der Waals surface area contributed by atoms with E-state index in [2.05, 4.69) is 77.0 Å². The molecule has 0 amide bonds. The zero-order chi connectivity index (χ0) is 20.0. The molecule has 2 heterocycles. The first-order valence-corrected chi connectivity index (χ1v) is 11.0. The third-order valence-corrected chi connectivity index (χ3v) is 5.98. The molecule has 0 saturated carbocycles. The first-order chi connectivity index (χ1) is 13.4. The molecule has 2 N–H and O–H groups in total. The summed E-state index contributed by atoms with van der Waals surface area (Å²) in [5.74, 6) is 0.869. The molecule has 1 aromatic heterocycles. The number of benzene rings is 1. The van der Waals surface area contributed by atoms with Gasteiger partial charge in [0.1, 0.15) is 5.01 Å². The Kier molecular flexibility index (Phi) is 7.08. The van der Waals surface area contributed by atoms with Gasteiger partial charge in [0, 0.05) is 43.5 Å². The standard InChI is InChI=1S/C22H33N5S/c1-22(2,3)19-16-28-20(26-19)14-24-21(23-4)25-18-10-12-27(13-11-18)15-17-8-6-5-7-9-17/h5-9,16,18H,10-15H2,1-4H3,(H2,23,24,25). The lowest BCUT2D eigenvalue weighted by atomic mass is 9.93. The number of rotatable bonds is 5. The van der Waals surface area contributed by atoms with Crippen molar-refractivity contribution in [3.63, 3.8) is 0 Å². The van der Waals surface area contributed by atoms with Crippen molar-refractivity contribution in [1.82, 2.24) is 20.5 Å². The topological polar surface area (TPSA) is 52.6 Å². The van der Waals surface area contributed by atoms with Crippen LogP contribution >= 0.6 is 11.3 Å². The van der Waals surface area contributed by atoms with E-state index in [0.717, 1.165) is 49.1 Å². The highest BCUT2D eigenvalue weighted by atomic mass is 32.1. The van der Waals surface area contributed by atoms with E-state index in [1.807, 2.05) is 7.05 Å². The van der Waals surface area contributed by atoms with Gasteiger partial charge in [-0.2, -0.15) is 0 Å². The third-order valence-electron chi connectivity index (χ3n) is 5.13. The number of hydrogen-bond donors (Lipinski definition) is 2. The van der Waals surface area contributed by atoms with E-state index >= 15 is 0 Å². The van der Waals surface area contributed by atoms with Gasteiger partial charge in [-0.1, -0.05) is 51.1 Å². The van der Waals surface area contributed by atoms with Crippen LogP contribution in [-0.2, 0) is 18.5 Å². The molecule has 0 bridgehead atoms. The molecule has 1 aliphatic heterocycles. The van der Waals surface area contributed by atoms with Gasteiger partial charge in [0.25, 0.3) is 0 Å². The number of piperidine rings is 1. The average molecular weight is 400 g/mol. The van der Waals surface area contributed by atoms with E-state index in [1.54, 1.807) is 11.3 Å². The minimum atomic E-state index is 0.0996. The van der Waals surface area contributed by atoms with Gasteiger partial charge in [-0.15, -0.1) is 11.3 Å². The fourth-order valence-electron chi connectivity index (χ4n) is 3.36. The van der Waals surface area contributed by atoms with Crippen LogP contribution in [0.15, 0.2) is 40.7 Å². The van der Waals surface area contributed by atoms with E-state index in [0.29, 0.717) is 12.6 Å². The smallest absolute Gasteiger partial charge is 0.191 e. The minimum absolute atomic E-state index is 0.0996. The van der Waals surface area contributed by atoms with Crippen LogP contribution in [0.25, 0.3) is 0 Å². The molecule has 0 unspecified atom stereocenters. The highest BCUT2D eigenvalue weighted by molar-refractivity contribution is 7.09. The van der Waals surface area contributed by atoms with Crippen LogP contribution in [0.3, 0.4) is 0 Å². The summed E-state index contributed by atoms with van der Waals surface area (Å²) in [4.78, 5) is 11.7. The summed E-state index contributed by atoms with van der Waals surface area (Å²) < 4.78 is 0. The first kappa shape index (κ1) is 20.8. The third kappa shape index (κ3) is 6.04. The van der Waals surface area contributed by atoms with Crippen LogP contribution in [0.2, 0.25) is 0 Å². The van der Waals surface area contributed by atoms with Gasteiger partial charge in [-0.25, -0.2) is 4.98 Å². The van der Waals surface area contributed by atoms with Crippen molar-refractivity contribution in [3.8, 4) is 0 Å². The van der Waals surface area contributed by atoms with Crippen molar-refractivity contribution in [3.05, 3.63) is 52.0 Å². The predicted octanol–water partition coefficient (Wildman–Crippen LogP) is 3.77. The minimum Gasteiger partial charge on any atom is -0.354 e. The second-order valence-electron chi connectivity index (χ2n) is 8.48. The Hall–Kier alpha value is -1.92. The number of thiazole rings is 1. The summed E-state index contributed by atoms with van der Waals surface area (Å²) in [6.07, 6.45) is 2.28. The van der Waals surface area contributed by atoms with Crippen molar-refractivity contribution in [2.24, 2.45) is 4.99 Å². The number of aliphatic imine (C=N–C) groups is 1. The quantitative estimate of drug-likeness (QED) is 0.594. The predicted molar refractivity (Wildman–Crippen MR) is 119 cm³/mol. The highest BCUT2D eigenvalue weighted by Crippen LogP contribution is 2.23. The molecule has 1 aromatic carbocycles. The zero-order valence-electron chi connectivity index (χ0n) is 17.5. The van der Waals surface area contributed by atoms with Gasteiger partial charge in [-0.3, -0.25) is 9.89 Å². The maximum absolute atomic E-state index is 4.75. The largest absolute Gasteiger partial charge is 0.354 e. The summed E-state index contributed by atoms with van der Waals surface area (Å²) in [7, 11) is 1.84. The number of hydrogen-bond acceptors (Lipinski definition) is 4.